The Labute approximate surface area is 141 Å². The molecule has 3 rings (SSSR count). The minimum absolute atomic E-state index is 0.00855. The van der Waals surface area contributed by atoms with Gasteiger partial charge in [-0.3, -0.25) is 10.1 Å². The summed E-state index contributed by atoms with van der Waals surface area (Å²) in [6, 6.07) is 14.3. The molecule has 0 spiro atoms. The lowest BCUT2D eigenvalue weighted by molar-refractivity contribution is -0.384. The van der Waals surface area contributed by atoms with E-state index in [0.717, 1.165) is 5.39 Å². The Morgan fingerprint density at radius 3 is 2.58 bits per heavy atom. The summed E-state index contributed by atoms with van der Waals surface area (Å²) in [6.45, 7) is 0.0354. The molecular formula is C17H11ClN2O4. The second-order valence-corrected chi connectivity index (χ2v) is 5.43. The number of hydrogen-bond donors (Lipinski definition) is 0. The first-order valence-electron chi connectivity index (χ1n) is 7.00. The number of non-ortho nitro benzene ring substituents is 1. The zero-order chi connectivity index (χ0) is 17.1. The average molecular weight is 343 g/mol. The smallest absolute Gasteiger partial charge is 0.338 e. The van der Waals surface area contributed by atoms with E-state index < -0.39 is 10.9 Å². The van der Waals surface area contributed by atoms with Crippen molar-refractivity contribution >= 4 is 34.2 Å². The number of aromatic nitrogens is 1. The van der Waals surface area contributed by atoms with E-state index in [1.807, 2.05) is 0 Å². The quantitative estimate of drug-likeness (QED) is 0.308. The highest BCUT2D eigenvalue weighted by atomic mass is 35.5. The monoisotopic (exact) mass is 342 g/mol. The molecule has 0 saturated heterocycles. The molecule has 2 aromatic carbocycles. The van der Waals surface area contributed by atoms with Gasteiger partial charge in [-0.05, 0) is 48.0 Å². The van der Waals surface area contributed by atoms with Crippen molar-refractivity contribution in [2.75, 3.05) is 0 Å². The van der Waals surface area contributed by atoms with Crippen molar-refractivity contribution < 1.29 is 14.5 Å². The summed E-state index contributed by atoms with van der Waals surface area (Å²) in [4.78, 5) is 26.4. The number of halogens is 1. The van der Waals surface area contributed by atoms with E-state index in [2.05, 4.69) is 4.98 Å². The number of nitro groups is 1. The molecule has 0 amide bonds. The summed E-state index contributed by atoms with van der Waals surface area (Å²) < 4.78 is 5.23. The van der Waals surface area contributed by atoms with Gasteiger partial charge in [-0.2, -0.15) is 0 Å². The van der Waals surface area contributed by atoms with Crippen molar-refractivity contribution in [1.29, 1.82) is 0 Å². The molecule has 0 bridgehead atoms. The molecule has 0 atom stereocenters. The highest BCUT2D eigenvalue weighted by molar-refractivity contribution is 6.29. The van der Waals surface area contributed by atoms with Crippen LogP contribution in [0.25, 0.3) is 10.9 Å². The second-order valence-electron chi connectivity index (χ2n) is 5.04. The number of esters is 1. The molecule has 3 aromatic rings. The van der Waals surface area contributed by atoms with Crippen molar-refractivity contribution in [2.45, 2.75) is 6.61 Å². The first-order chi connectivity index (χ1) is 11.5. The molecular weight excluding hydrogens is 332 g/mol. The van der Waals surface area contributed by atoms with Gasteiger partial charge in [0.25, 0.3) is 5.69 Å². The van der Waals surface area contributed by atoms with Crippen LogP contribution in [0.5, 0.6) is 0 Å². The van der Waals surface area contributed by atoms with E-state index in [0.29, 0.717) is 21.8 Å². The SMILES string of the molecule is O=C(OCc1ccc([N+](=O)[O-])cc1)c1ccc2nc(Cl)ccc2c1. The molecule has 0 aliphatic carbocycles. The normalized spacial score (nSPS) is 10.5. The third-order valence-electron chi connectivity index (χ3n) is 3.41. The van der Waals surface area contributed by atoms with E-state index >= 15 is 0 Å². The first-order valence-corrected chi connectivity index (χ1v) is 7.37. The van der Waals surface area contributed by atoms with Crippen LogP contribution in [0, 0.1) is 10.1 Å². The van der Waals surface area contributed by atoms with Gasteiger partial charge >= 0.3 is 5.97 Å². The van der Waals surface area contributed by atoms with Gasteiger partial charge in [0.1, 0.15) is 11.8 Å². The van der Waals surface area contributed by atoms with Crippen molar-refractivity contribution in [3.8, 4) is 0 Å². The molecule has 0 saturated carbocycles. The van der Waals surface area contributed by atoms with Gasteiger partial charge in [0, 0.05) is 17.5 Å². The number of fused-ring (bicyclic) bond motifs is 1. The molecule has 0 N–H and O–H groups in total. The number of pyridine rings is 1. The Hall–Kier alpha value is -2.99. The summed E-state index contributed by atoms with van der Waals surface area (Å²) in [5.74, 6) is -0.481. The molecule has 1 aromatic heterocycles. The van der Waals surface area contributed by atoms with Gasteiger partial charge in [-0.25, -0.2) is 9.78 Å². The fraction of sp³-hybridized carbons (Fsp3) is 0.0588. The fourth-order valence-electron chi connectivity index (χ4n) is 2.17. The predicted molar refractivity (Wildman–Crippen MR) is 89.0 cm³/mol. The van der Waals surface area contributed by atoms with Crippen LogP contribution in [-0.4, -0.2) is 15.9 Å². The number of rotatable bonds is 4. The molecule has 24 heavy (non-hydrogen) atoms. The van der Waals surface area contributed by atoms with Crippen molar-refractivity contribution in [3.05, 3.63) is 81.0 Å². The van der Waals surface area contributed by atoms with Crippen LogP contribution in [0.1, 0.15) is 15.9 Å². The third kappa shape index (κ3) is 3.49. The molecule has 0 fully saturated rings. The lowest BCUT2D eigenvalue weighted by atomic mass is 10.1. The van der Waals surface area contributed by atoms with Crippen LogP contribution >= 0.6 is 11.6 Å². The predicted octanol–water partition coefficient (Wildman–Crippen LogP) is 4.15. The minimum Gasteiger partial charge on any atom is -0.457 e. The zero-order valence-corrected chi connectivity index (χ0v) is 13.1. The molecule has 6 nitrogen and oxygen atoms in total. The summed E-state index contributed by atoms with van der Waals surface area (Å²) in [6.07, 6.45) is 0. The molecule has 0 radical (unpaired) electrons. The Morgan fingerprint density at radius 1 is 1.12 bits per heavy atom. The van der Waals surface area contributed by atoms with Crippen molar-refractivity contribution in [1.82, 2.24) is 4.98 Å². The number of nitrogens with zero attached hydrogens (tertiary/aromatic N) is 2. The summed E-state index contributed by atoms with van der Waals surface area (Å²) >= 11 is 5.82. The van der Waals surface area contributed by atoms with Crippen molar-refractivity contribution in [2.24, 2.45) is 0 Å². The highest BCUT2D eigenvalue weighted by Crippen LogP contribution is 2.18. The van der Waals surface area contributed by atoms with Crippen LogP contribution < -0.4 is 0 Å². The molecule has 120 valence electrons. The lowest BCUT2D eigenvalue weighted by Crippen LogP contribution is -2.05. The number of hydrogen-bond acceptors (Lipinski definition) is 5. The Kier molecular flexibility index (Phi) is 4.39. The number of benzene rings is 2. The summed E-state index contributed by atoms with van der Waals surface area (Å²) in [7, 11) is 0. The average Bonchev–Trinajstić information content (AvgIpc) is 2.59. The van der Waals surface area contributed by atoms with Crippen LogP contribution in [0.2, 0.25) is 5.15 Å². The standard InChI is InChI=1S/C17H11ClN2O4/c18-16-8-4-12-9-13(3-7-15(12)19-16)17(21)24-10-11-1-5-14(6-2-11)20(22)23/h1-9H,10H2. The molecule has 0 aliphatic heterocycles. The van der Waals surface area contributed by atoms with E-state index in [1.54, 1.807) is 42.5 Å². The third-order valence-corrected chi connectivity index (χ3v) is 3.62. The van der Waals surface area contributed by atoms with Gasteiger partial charge < -0.3 is 4.74 Å². The van der Waals surface area contributed by atoms with Crippen LogP contribution in [0.4, 0.5) is 5.69 Å². The van der Waals surface area contributed by atoms with Crippen LogP contribution in [-0.2, 0) is 11.3 Å². The number of nitro benzene ring substituents is 1. The van der Waals surface area contributed by atoms with E-state index in [1.165, 1.54) is 12.1 Å². The second kappa shape index (κ2) is 6.64. The van der Waals surface area contributed by atoms with Gasteiger partial charge in [0.15, 0.2) is 0 Å². The fourth-order valence-corrected chi connectivity index (χ4v) is 2.33. The lowest BCUT2D eigenvalue weighted by Gasteiger charge is -2.06. The number of carbonyl (C=O) groups is 1. The van der Waals surface area contributed by atoms with E-state index in [9.17, 15) is 14.9 Å². The summed E-state index contributed by atoms with van der Waals surface area (Å²) in [5, 5.41) is 11.8. The largest absolute Gasteiger partial charge is 0.457 e. The molecule has 7 heteroatoms. The van der Waals surface area contributed by atoms with Crippen molar-refractivity contribution in [3.63, 3.8) is 0 Å². The van der Waals surface area contributed by atoms with Gasteiger partial charge in [0.05, 0.1) is 16.0 Å². The van der Waals surface area contributed by atoms with E-state index in [-0.39, 0.29) is 12.3 Å². The molecule has 0 unspecified atom stereocenters. The maximum absolute atomic E-state index is 12.1. The number of ether oxygens (including phenoxy) is 1. The van der Waals surface area contributed by atoms with Gasteiger partial charge in [0.2, 0.25) is 0 Å². The topological polar surface area (TPSA) is 82.3 Å². The maximum atomic E-state index is 12.1. The highest BCUT2D eigenvalue weighted by Gasteiger charge is 2.10. The Morgan fingerprint density at radius 2 is 1.88 bits per heavy atom. The Balaban J connectivity index is 1.70. The minimum atomic E-state index is -0.481. The zero-order valence-electron chi connectivity index (χ0n) is 12.3. The summed E-state index contributed by atoms with van der Waals surface area (Å²) in [5.41, 5.74) is 1.75. The molecule has 1 heterocycles. The van der Waals surface area contributed by atoms with Gasteiger partial charge in [-0.15, -0.1) is 0 Å². The first kappa shape index (κ1) is 15.9. The van der Waals surface area contributed by atoms with Crippen LogP contribution in [0.15, 0.2) is 54.6 Å². The van der Waals surface area contributed by atoms with E-state index in [4.69, 9.17) is 16.3 Å². The maximum Gasteiger partial charge on any atom is 0.338 e. The Bertz CT molecular complexity index is 926. The molecule has 0 aliphatic rings. The number of carbonyl (C=O) groups excluding carboxylic acids is 1. The van der Waals surface area contributed by atoms with Crippen LogP contribution in [0.3, 0.4) is 0 Å². The van der Waals surface area contributed by atoms with Gasteiger partial charge in [-0.1, -0.05) is 11.6 Å².